The molecule has 0 aromatic heterocycles. The van der Waals surface area contributed by atoms with Crippen molar-refractivity contribution in [2.24, 2.45) is 0 Å². The Kier molecular flexibility index (Phi) is 6.44. The summed E-state index contributed by atoms with van der Waals surface area (Å²) in [4.78, 5) is 0. The van der Waals surface area contributed by atoms with E-state index in [9.17, 15) is 0 Å². The highest BCUT2D eigenvalue weighted by molar-refractivity contribution is 6.34. The smallest absolute Gasteiger partial charge is 0.163 e. The van der Waals surface area contributed by atoms with Crippen molar-refractivity contribution in [3.8, 4) is 11.5 Å². The molecule has 0 amide bonds. The molecule has 0 unspecified atom stereocenters. The Bertz CT molecular complexity index is 356. The molecule has 1 rings (SSSR count). The summed E-state index contributed by atoms with van der Waals surface area (Å²) >= 11 is 5.66. The molecule has 0 aliphatic rings. The first kappa shape index (κ1) is 14.4. The maximum atomic E-state index is 5.66. The van der Waals surface area contributed by atoms with E-state index in [4.69, 9.17) is 21.1 Å². The first-order chi connectivity index (χ1) is 8.24. The molecule has 0 bridgehead atoms. The minimum atomic E-state index is 0.737. The van der Waals surface area contributed by atoms with Crippen molar-refractivity contribution in [2.45, 2.75) is 25.7 Å². The zero-order valence-electron chi connectivity index (χ0n) is 10.4. The van der Waals surface area contributed by atoms with Gasteiger partial charge in [-0.05, 0) is 30.0 Å². The van der Waals surface area contributed by atoms with Crippen molar-refractivity contribution in [1.29, 1.82) is 0 Å². The van der Waals surface area contributed by atoms with Crippen molar-refractivity contribution in [3.63, 3.8) is 0 Å². The Morgan fingerprint density at radius 3 is 2.35 bits per heavy atom. The summed E-state index contributed by atoms with van der Waals surface area (Å²) in [7, 11) is 6.83. The van der Waals surface area contributed by atoms with E-state index in [1.807, 2.05) is 6.07 Å². The normalized spacial score (nSPS) is 10.4. The van der Waals surface area contributed by atoms with Crippen molar-refractivity contribution in [2.75, 3.05) is 20.1 Å². The minimum absolute atomic E-state index is 0.737. The lowest BCUT2D eigenvalue weighted by Gasteiger charge is -2.14. The fourth-order valence-electron chi connectivity index (χ4n) is 1.81. The third-order valence-corrected chi connectivity index (χ3v) is 3.34. The van der Waals surface area contributed by atoms with Crippen LogP contribution in [-0.2, 0) is 6.42 Å². The molecule has 1 aromatic rings. The van der Waals surface area contributed by atoms with Gasteiger partial charge in [-0.15, -0.1) is 11.6 Å². The fourth-order valence-corrected chi connectivity index (χ4v) is 2.30. The predicted octanol–water partition coefficient (Wildman–Crippen LogP) is 2.45. The summed E-state index contributed by atoms with van der Waals surface area (Å²) in [5, 5.41) is 0.911. The largest absolute Gasteiger partial charge is 0.493 e. The van der Waals surface area contributed by atoms with Crippen molar-refractivity contribution in [1.82, 2.24) is 0 Å². The molecule has 0 heterocycles. The van der Waals surface area contributed by atoms with E-state index in [-0.39, 0.29) is 0 Å². The molecule has 2 nitrogen and oxygen atoms in total. The lowest BCUT2D eigenvalue weighted by Crippen LogP contribution is -2.10. The average Bonchev–Trinajstić information content (AvgIpc) is 2.35. The Morgan fingerprint density at radius 1 is 1.06 bits per heavy atom. The second-order valence-electron chi connectivity index (χ2n) is 3.84. The van der Waals surface area contributed by atoms with Crippen LogP contribution in [0.5, 0.6) is 11.5 Å². The standard InChI is InChI=1S/C13H18ClO2Si/c1-15-12-10(6-4-3-5-9-14)7-8-11(17)13(12)16-2/h7-8H,3-6,9H2,1-2H3. The summed E-state index contributed by atoms with van der Waals surface area (Å²) in [6, 6.07) is 4.07. The molecular formula is C13H18ClO2Si. The molecule has 1 aromatic carbocycles. The molecular weight excluding hydrogens is 252 g/mol. The number of aryl methyl sites for hydroxylation is 1. The van der Waals surface area contributed by atoms with Gasteiger partial charge in [0.1, 0.15) is 0 Å². The third-order valence-electron chi connectivity index (χ3n) is 2.68. The fraction of sp³-hybridized carbons (Fsp3) is 0.538. The van der Waals surface area contributed by atoms with Crippen LogP contribution in [0.2, 0.25) is 0 Å². The monoisotopic (exact) mass is 269 g/mol. The van der Waals surface area contributed by atoms with Gasteiger partial charge in [0.05, 0.1) is 24.5 Å². The molecule has 0 aliphatic heterocycles. The molecule has 0 aliphatic carbocycles. The number of hydrogen-bond donors (Lipinski definition) is 0. The van der Waals surface area contributed by atoms with Gasteiger partial charge in [-0.1, -0.05) is 18.6 Å². The molecule has 4 heteroatoms. The van der Waals surface area contributed by atoms with Gasteiger partial charge in [0.25, 0.3) is 0 Å². The summed E-state index contributed by atoms with van der Waals surface area (Å²) in [5.74, 6) is 2.32. The van der Waals surface area contributed by atoms with Gasteiger partial charge >= 0.3 is 0 Å². The third kappa shape index (κ3) is 3.93. The summed E-state index contributed by atoms with van der Waals surface area (Å²) in [6.45, 7) is 0. The molecule has 0 saturated carbocycles. The predicted molar refractivity (Wildman–Crippen MR) is 73.2 cm³/mol. The van der Waals surface area contributed by atoms with Crippen LogP contribution in [0.25, 0.3) is 0 Å². The Labute approximate surface area is 112 Å². The summed E-state index contributed by atoms with van der Waals surface area (Å²) in [5.41, 5.74) is 1.18. The summed E-state index contributed by atoms with van der Waals surface area (Å²) < 4.78 is 10.8. The Hall–Kier alpha value is -0.673. The van der Waals surface area contributed by atoms with Crippen LogP contribution < -0.4 is 14.7 Å². The highest BCUT2D eigenvalue weighted by Crippen LogP contribution is 2.29. The van der Waals surface area contributed by atoms with Gasteiger partial charge < -0.3 is 9.47 Å². The number of halogens is 1. The highest BCUT2D eigenvalue weighted by Gasteiger charge is 2.11. The summed E-state index contributed by atoms with van der Waals surface area (Å²) in [6.07, 6.45) is 4.32. The zero-order valence-corrected chi connectivity index (χ0v) is 12.1. The quantitative estimate of drug-likeness (QED) is 0.430. The van der Waals surface area contributed by atoms with Crippen LogP contribution in [0, 0.1) is 0 Å². The molecule has 3 radical (unpaired) electrons. The average molecular weight is 270 g/mol. The van der Waals surface area contributed by atoms with E-state index < -0.39 is 0 Å². The Balaban J connectivity index is 2.77. The lowest BCUT2D eigenvalue weighted by molar-refractivity contribution is 0.353. The van der Waals surface area contributed by atoms with Gasteiger partial charge in [-0.2, -0.15) is 0 Å². The number of hydrogen-bond acceptors (Lipinski definition) is 2. The molecule has 0 spiro atoms. The molecule has 17 heavy (non-hydrogen) atoms. The Morgan fingerprint density at radius 2 is 1.76 bits per heavy atom. The number of alkyl halides is 1. The molecule has 0 fully saturated rings. The van der Waals surface area contributed by atoms with Crippen molar-refractivity contribution in [3.05, 3.63) is 17.7 Å². The van der Waals surface area contributed by atoms with E-state index in [1.54, 1.807) is 14.2 Å². The van der Waals surface area contributed by atoms with Crippen LogP contribution >= 0.6 is 11.6 Å². The van der Waals surface area contributed by atoms with E-state index >= 15 is 0 Å². The van der Waals surface area contributed by atoms with Gasteiger partial charge in [0.2, 0.25) is 0 Å². The SMILES string of the molecule is COc1c([Si])ccc(CCCCCCl)c1OC. The maximum Gasteiger partial charge on any atom is 0.163 e. The van der Waals surface area contributed by atoms with Crippen LogP contribution in [0.3, 0.4) is 0 Å². The second-order valence-corrected chi connectivity index (χ2v) is 4.76. The second kappa shape index (κ2) is 7.61. The zero-order chi connectivity index (χ0) is 12.7. The van der Waals surface area contributed by atoms with Gasteiger partial charge in [-0.3, -0.25) is 0 Å². The van der Waals surface area contributed by atoms with E-state index in [0.29, 0.717) is 0 Å². The number of unbranched alkanes of at least 4 members (excludes halogenated alkanes) is 2. The van der Waals surface area contributed by atoms with Crippen molar-refractivity contribution >= 4 is 27.0 Å². The van der Waals surface area contributed by atoms with Gasteiger partial charge in [-0.25, -0.2) is 0 Å². The molecule has 93 valence electrons. The number of ether oxygens (including phenoxy) is 2. The molecule has 0 saturated heterocycles. The first-order valence-corrected chi connectivity index (χ1v) is 6.79. The minimum Gasteiger partial charge on any atom is -0.493 e. The molecule has 0 atom stereocenters. The highest BCUT2D eigenvalue weighted by atomic mass is 35.5. The van der Waals surface area contributed by atoms with E-state index in [1.165, 1.54) is 5.56 Å². The number of rotatable bonds is 7. The topological polar surface area (TPSA) is 18.5 Å². The molecule has 0 N–H and O–H groups in total. The maximum absolute atomic E-state index is 5.66. The van der Waals surface area contributed by atoms with Gasteiger partial charge in [0, 0.05) is 5.88 Å². The van der Waals surface area contributed by atoms with Crippen LogP contribution in [-0.4, -0.2) is 30.3 Å². The van der Waals surface area contributed by atoms with E-state index in [0.717, 1.165) is 48.2 Å². The van der Waals surface area contributed by atoms with Crippen molar-refractivity contribution < 1.29 is 9.47 Å². The number of benzene rings is 1. The van der Waals surface area contributed by atoms with Gasteiger partial charge in [0.15, 0.2) is 11.5 Å². The first-order valence-electron chi connectivity index (χ1n) is 5.76. The van der Waals surface area contributed by atoms with Crippen LogP contribution in [0.15, 0.2) is 12.1 Å². The lowest BCUT2D eigenvalue weighted by atomic mass is 10.1. The number of methoxy groups -OCH3 is 2. The van der Waals surface area contributed by atoms with Crippen LogP contribution in [0.1, 0.15) is 24.8 Å². The van der Waals surface area contributed by atoms with E-state index in [2.05, 4.69) is 16.3 Å². The van der Waals surface area contributed by atoms with Crippen LogP contribution in [0.4, 0.5) is 0 Å².